The molecule has 1 unspecified atom stereocenters. The van der Waals surface area contributed by atoms with Crippen molar-refractivity contribution in [3.8, 4) is 0 Å². The molecule has 1 N–H and O–H groups in total. The fourth-order valence-electron chi connectivity index (χ4n) is 2.75. The molecule has 1 aromatic rings. The number of benzene rings is 1. The van der Waals surface area contributed by atoms with Crippen LogP contribution in [0.5, 0.6) is 0 Å². The normalized spacial score (nSPS) is 25.1. The minimum atomic E-state index is 0.727. The van der Waals surface area contributed by atoms with Gasteiger partial charge in [0.25, 0.3) is 0 Å². The first-order valence-electron chi connectivity index (χ1n) is 6.79. The average Bonchev–Trinajstić information content (AvgIpc) is 3.17. The van der Waals surface area contributed by atoms with E-state index in [1.807, 2.05) is 0 Å². The van der Waals surface area contributed by atoms with Crippen LogP contribution in [0, 0.1) is 19.8 Å². The molecule has 1 aromatic carbocycles. The lowest BCUT2D eigenvalue weighted by atomic mass is 10.1. The van der Waals surface area contributed by atoms with Crippen molar-refractivity contribution in [3.63, 3.8) is 0 Å². The summed E-state index contributed by atoms with van der Waals surface area (Å²) in [7, 11) is 0. The van der Waals surface area contributed by atoms with Crippen molar-refractivity contribution in [2.75, 3.05) is 24.5 Å². The number of anilines is 1. The van der Waals surface area contributed by atoms with Crippen molar-refractivity contribution in [1.82, 2.24) is 5.32 Å². The molecule has 1 aliphatic carbocycles. The lowest BCUT2D eigenvalue weighted by Crippen LogP contribution is -2.51. The SMILES string of the molecule is Cc1ccc(N2CCNC(C3CC3)C2)cc1C. The van der Waals surface area contributed by atoms with Gasteiger partial charge in [0, 0.05) is 31.4 Å². The molecule has 17 heavy (non-hydrogen) atoms. The van der Waals surface area contributed by atoms with Crippen molar-refractivity contribution in [3.05, 3.63) is 29.3 Å². The van der Waals surface area contributed by atoms with Gasteiger partial charge < -0.3 is 10.2 Å². The fourth-order valence-corrected chi connectivity index (χ4v) is 2.75. The third-order valence-electron chi connectivity index (χ3n) is 4.25. The van der Waals surface area contributed by atoms with E-state index in [1.165, 1.54) is 36.2 Å². The summed E-state index contributed by atoms with van der Waals surface area (Å²) < 4.78 is 0. The standard InChI is InChI=1S/C15H22N2/c1-11-3-6-14(9-12(11)2)17-8-7-16-15(10-17)13-4-5-13/h3,6,9,13,15-16H,4-5,7-8,10H2,1-2H3. The smallest absolute Gasteiger partial charge is 0.0370 e. The van der Waals surface area contributed by atoms with E-state index < -0.39 is 0 Å². The molecule has 0 bridgehead atoms. The summed E-state index contributed by atoms with van der Waals surface area (Å²) >= 11 is 0. The Morgan fingerprint density at radius 2 is 2.00 bits per heavy atom. The number of hydrogen-bond donors (Lipinski definition) is 1. The molecule has 0 aromatic heterocycles. The van der Waals surface area contributed by atoms with Gasteiger partial charge in [0.2, 0.25) is 0 Å². The van der Waals surface area contributed by atoms with Gasteiger partial charge in [-0.15, -0.1) is 0 Å². The largest absolute Gasteiger partial charge is 0.369 e. The van der Waals surface area contributed by atoms with Gasteiger partial charge in [-0.1, -0.05) is 6.07 Å². The van der Waals surface area contributed by atoms with Crippen LogP contribution in [0.4, 0.5) is 5.69 Å². The third-order valence-corrected chi connectivity index (χ3v) is 4.25. The number of piperazine rings is 1. The van der Waals surface area contributed by atoms with Gasteiger partial charge in [0.15, 0.2) is 0 Å². The molecule has 1 aliphatic heterocycles. The highest BCUT2D eigenvalue weighted by Gasteiger charge is 2.33. The summed E-state index contributed by atoms with van der Waals surface area (Å²) in [5.74, 6) is 0.948. The molecular weight excluding hydrogens is 208 g/mol. The quantitative estimate of drug-likeness (QED) is 0.839. The Hall–Kier alpha value is -1.02. The van der Waals surface area contributed by atoms with Crippen LogP contribution in [-0.2, 0) is 0 Å². The van der Waals surface area contributed by atoms with Crippen LogP contribution in [0.25, 0.3) is 0 Å². The van der Waals surface area contributed by atoms with Crippen molar-refractivity contribution in [2.24, 2.45) is 5.92 Å². The van der Waals surface area contributed by atoms with Crippen LogP contribution < -0.4 is 10.2 Å². The molecule has 2 nitrogen and oxygen atoms in total. The van der Waals surface area contributed by atoms with Crippen molar-refractivity contribution < 1.29 is 0 Å². The Labute approximate surface area is 104 Å². The number of aryl methyl sites for hydroxylation is 2. The second-order valence-electron chi connectivity index (χ2n) is 5.61. The van der Waals surface area contributed by atoms with E-state index in [2.05, 4.69) is 42.3 Å². The van der Waals surface area contributed by atoms with Crippen LogP contribution in [0.3, 0.4) is 0 Å². The Bertz CT molecular complexity index is 409. The maximum absolute atomic E-state index is 3.67. The summed E-state index contributed by atoms with van der Waals surface area (Å²) in [6.07, 6.45) is 2.86. The van der Waals surface area contributed by atoms with E-state index in [0.717, 1.165) is 25.0 Å². The Balaban J connectivity index is 1.75. The molecule has 0 amide bonds. The van der Waals surface area contributed by atoms with E-state index >= 15 is 0 Å². The predicted molar refractivity (Wildman–Crippen MR) is 72.6 cm³/mol. The summed E-state index contributed by atoms with van der Waals surface area (Å²) in [5.41, 5.74) is 4.20. The maximum Gasteiger partial charge on any atom is 0.0370 e. The van der Waals surface area contributed by atoms with Crippen molar-refractivity contribution >= 4 is 5.69 Å². The Morgan fingerprint density at radius 3 is 2.71 bits per heavy atom. The monoisotopic (exact) mass is 230 g/mol. The third kappa shape index (κ3) is 2.32. The molecule has 1 saturated carbocycles. The van der Waals surface area contributed by atoms with Gasteiger partial charge >= 0.3 is 0 Å². The van der Waals surface area contributed by atoms with Crippen LogP contribution in [-0.4, -0.2) is 25.7 Å². The molecule has 1 atom stereocenters. The average molecular weight is 230 g/mol. The highest BCUT2D eigenvalue weighted by molar-refractivity contribution is 5.51. The van der Waals surface area contributed by atoms with Crippen molar-refractivity contribution in [2.45, 2.75) is 32.7 Å². The first-order chi connectivity index (χ1) is 8.24. The summed E-state index contributed by atoms with van der Waals surface area (Å²) in [6, 6.07) is 7.59. The minimum Gasteiger partial charge on any atom is -0.369 e. The number of rotatable bonds is 2. The molecule has 1 saturated heterocycles. The highest BCUT2D eigenvalue weighted by Crippen LogP contribution is 2.34. The van der Waals surface area contributed by atoms with Crippen molar-refractivity contribution in [1.29, 1.82) is 0 Å². The molecule has 3 rings (SSSR count). The maximum atomic E-state index is 3.67. The van der Waals surface area contributed by atoms with Gasteiger partial charge in [0.05, 0.1) is 0 Å². The molecule has 1 heterocycles. The first-order valence-corrected chi connectivity index (χ1v) is 6.79. The van der Waals surface area contributed by atoms with Crippen LogP contribution in [0.15, 0.2) is 18.2 Å². The van der Waals surface area contributed by atoms with Gasteiger partial charge in [-0.05, 0) is 55.9 Å². The van der Waals surface area contributed by atoms with Gasteiger partial charge in [-0.3, -0.25) is 0 Å². The molecular formula is C15H22N2. The minimum absolute atomic E-state index is 0.727. The molecule has 0 radical (unpaired) electrons. The summed E-state index contributed by atoms with van der Waals surface area (Å²) in [6.45, 7) is 7.86. The van der Waals surface area contributed by atoms with Gasteiger partial charge in [-0.2, -0.15) is 0 Å². The summed E-state index contributed by atoms with van der Waals surface area (Å²) in [5, 5.41) is 3.67. The van der Waals surface area contributed by atoms with Gasteiger partial charge in [-0.25, -0.2) is 0 Å². The first kappa shape index (κ1) is 11.1. The Morgan fingerprint density at radius 1 is 1.18 bits per heavy atom. The zero-order chi connectivity index (χ0) is 11.8. The second kappa shape index (κ2) is 4.34. The fraction of sp³-hybridized carbons (Fsp3) is 0.600. The lowest BCUT2D eigenvalue weighted by molar-refractivity contribution is 0.419. The van der Waals surface area contributed by atoms with E-state index in [4.69, 9.17) is 0 Å². The summed E-state index contributed by atoms with van der Waals surface area (Å²) in [4.78, 5) is 2.55. The molecule has 2 fully saturated rings. The number of hydrogen-bond acceptors (Lipinski definition) is 2. The number of nitrogens with one attached hydrogen (secondary N) is 1. The second-order valence-corrected chi connectivity index (χ2v) is 5.61. The number of nitrogens with zero attached hydrogens (tertiary/aromatic N) is 1. The lowest BCUT2D eigenvalue weighted by Gasteiger charge is -2.35. The van der Waals surface area contributed by atoms with Gasteiger partial charge in [0.1, 0.15) is 0 Å². The Kier molecular flexibility index (Phi) is 2.83. The van der Waals surface area contributed by atoms with Crippen LogP contribution in [0.1, 0.15) is 24.0 Å². The zero-order valence-electron chi connectivity index (χ0n) is 10.9. The van der Waals surface area contributed by atoms with Crippen LogP contribution >= 0.6 is 0 Å². The highest BCUT2D eigenvalue weighted by atomic mass is 15.2. The topological polar surface area (TPSA) is 15.3 Å². The molecule has 2 aliphatic rings. The van der Waals surface area contributed by atoms with E-state index in [0.29, 0.717) is 0 Å². The zero-order valence-corrected chi connectivity index (χ0v) is 10.9. The molecule has 92 valence electrons. The predicted octanol–water partition coefficient (Wildman–Crippen LogP) is 2.49. The van der Waals surface area contributed by atoms with Crippen LogP contribution in [0.2, 0.25) is 0 Å². The van der Waals surface area contributed by atoms with E-state index in [-0.39, 0.29) is 0 Å². The van der Waals surface area contributed by atoms with E-state index in [9.17, 15) is 0 Å². The van der Waals surface area contributed by atoms with E-state index in [1.54, 1.807) is 0 Å². The molecule has 0 spiro atoms. The molecule has 2 heteroatoms.